The summed E-state index contributed by atoms with van der Waals surface area (Å²) in [4.78, 5) is 19.2. The van der Waals surface area contributed by atoms with E-state index in [0.29, 0.717) is 38.0 Å². The monoisotopic (exact) mass is 440 g/mol. The van der Waals surface area contributed by atoms with Crippen molar-refractivity contribution in [1.82, 2.24) is 19.6 Å². The molecule has 6 rings (SSSR count). The molecule has 0 spiro atoms. The SMILES string of the molecule is O=C(c1nn(C2CCCN(C3COC3)C2)c2c1CSc1ccccc1-2)N1CCOCC1. The number of ether oxygens (including phenoxy) is 2. The molecule has 1 aromatic carbocycles. The fourth-order valence-corrected chi connectivity index (χ4v) is 6.20. The average molecular weight is 441 g/mol. The first-order valence-corrected chi connectivity index (χ1v) is 12.3. The average Bonchev–Trinajstić information content (AvgIpc) is 3.18. The molecule has 2 aromatic rings. The van der Waals surface area contributed by atoms with Crippen molar-refractivity contribution >= 4 is 17.7 Å². The standard InChI is InChI=1S/C23H28N4O3S/c28-23(25-8-10-29-11-9-25)21-19-15-31-20-6-2-1-5-18(20)22(19)27(24-21)16-4-3-7-26(12-16)17-13-30-14-17/h1-2,5-6,16-17H,3-4,7-15H2. The molecule has 0 bridgehead atoms. The number of thioether (sulfide) groups is 1. The van der Waals surface area contributed by atoms with Crippen molar-refractivity contribution in [3.8, 4) is 11.3 Å². The highest BCUT2D eigenvalue weighted by Crippen LogP contribution is 2.44. The van der Waals surface area contributed by atoms with Gasteiger partial charge in [0, 0.05) is 41.4 Å². The second kappa shape index (κ2) is 8.24. The molecule has 4 aliphatic heterocycles. The largest absolute Gasteiger partial charge is 0.378 e. The molecule has 0 N–H and O–H groups in total. The Kier molecular flexibility index (Phi) is 5.26. The van der Waals surface area contributed by atoms with E-state index in [1.807, 2.05) is 16.7 Å². The third-order valence-electron chi connectivity index (χ3n) is 6.93. The molecule has 1 unspecified atom stereocenters. The third-order valence-corrected chi connectivity index (χ3v) is 8.03. The van der Waals surface area contributed by atoms with Crippen LogP contribution >= 0.6 is 11.8 Å². The number of hydrogen-bond donors (Lipinski definition) is 0. The van der Waals surface area contributed by atoms with Crippen molar-refractivity contribution in [2.24, 2.45) is 0 Å². The lowest BCUT2D eigenvalue weighted by Crippen LogP contribution is -2.52. The Hall–Kier alpha value is -1.87. The highest BCUT2D eigenvalue weighted by Gasteiger charge is 2.36. The summed E-state index contributed by atoms with van der Waals surface area (Å²) in [5.41, 5.74) is 4.11. The first-order chi connectivity index (χ1) is 15.3. The van der Waals surface area contributed by atoms with E-state index in [4.69, 9.17) is 14.6 Å². The molecular formula is C23H28N4O3S. The van der Waals surface area contributed by atoms with Gasteiger partial charge in [0.1, 0.15) is 0 Å². The Labute approximate surface area is 186 Å². The quantitative estimate of drug-likeness (QED) is 0.732. The summed E-state index contributed by atoms with van der Waals surface area (Å²) in [7, 11) is 0. The minimum absolute atomic E-state index is 0.0540. The summed E-state index contributed by atoms with van der Waals surface area (Å²) < 4.78 is 13.1. The molecule has 0 saturated carbocycles. The predicted octanol–water partition coefficient (Wildman–Crippen LogP) is 2.66. The minimum atomic E-state index is 0.0540. The van der Waals surface area contributed by atoms with E-state index in [1.165, 1.54) is 10.5 Å². The summed E-state index contributed by atoms with van der Waals surface area (Å²) in [5, 5.41) is 5.04. The van der Waals surface area contributed by atoms with Crippen LogP contribution in [0.4, 0.5) is 0 Å². The topological polar surface area (TPSA) is 59.8 Å². The van der Waals surface area contributed by atoms with E-state index in [0.717, 1.165) is 56.2 Å². The van der Waals surface area contributed by atoms with Crippen molar-refractivity contribution in [2.45, 2.75) is 35.6 Å². The Balaban J connectivity index is 1.40. The smallest absolute Gasteiger partial charge is 0.274 e. The van der Waals surface area contributed by atoms with Crippen LogP contribution in [0.2, 0.25) is 0 Å². The van der Waals surface area contributed by atoms with E-state index in [2.05, 4.69) is 33.8 Å². The van der Waals surface area contributed by atoms with Crippen LogP contribution in [0.15, 0.2) is 29.2 Å². The number of carbonyl (C=O) groups is 1. The number of morpholine rings is 1. The molecule has 3 saturated heterocycles. The summed E-state index contributed by atoms with van der Waals surface area (Å²) in [5.74, 6) is 0.850. The number of nitrogens with zero attached hydrogens (tertiary/aromatic N) is 4. The molecule has 164 valence electrons. The van der Waals surface area contributed by atoms with Gasteiger partial charge in [-0.1, -0.05) is 18.2 Å². The lowest BCUT2D eigenvalue weighted by atomic mass is 10.0. The van der Waals surface area contributed by atoms with Crippen LogP contribution in [0.3, 0.4) is 0 Å². The second-order valence-electron chi connectivity index (χ2n) is 8.79. The molecule has 0 radical (unpaired) electrons. The van der Waals surface area contributed by atoms with E-state index in [-0.39, 0.29) is 11.9 Å². The molecule has 1 aromatic heterocycles. The molecule has 0 aliphatic carbocycles. The van der Waals surface area contributed by atoms with Gasteiger partial charge in [-0.05, 0) is 25.5 Å². The molecule has 8 heteroatoms. The van der Waals surface area contributed by atoms with Gasteiger partial charge in [-0.2, -0.15) is 5.10 Å². The number of hydrogen-bond acceptors (Lipinski definition) is 6. The molecule has 1 amide bonds. The maximum atomic E-state index is 13.5. The molecular weight excluding hydrogens is 412 g/mol. The maximum Gasteiger partial charge on any atom is 0.274 e. The zero-order valence-electron chi connectivity index (χ0n) is 17.7. The van der Waals surface area contributed by atoms with Crippen molar-refractivity contribution in [3.63, 3.8) is 0 Å². The van der Waals surface area contributed by atoms with Crippen molar-refractivity contribution in [3.05, 3.63) is 35.5 Å². The van der Waals surface area contributed by atoms with Crippen LogP contribution in [-0.4, -0.2) is 84.1 Å². The summed E-state index contributed by atoms with van der Waals surface area (Å²) in [6.45, 7) is 6.27. The Bertz CT molecular complexity index is 983. The first-order valence-electron chi connectivity index (χ1n) is 11.3. The van der Waals surface area contributed by atoms with Crippen LogP contribution < -0.4 is 0 Å². The first kappa shape index (κ1) is 19.8. The highest BCUT2D eigenvalue weighted by atomic mass is 32.2. The fourth-order valence-electron chi connectivity index (χ4n) is 5.13. The molecule has 7 nitrogen and oxygen atoms in total. The van der Waals surface area contributed by atoms with Crippen molar-refractivity contribution < 1.29 is 14.3 Å². The van der Waals surface area contributed by atoms with Crippen molar-refractivity contribution in [1.29, 1.82) is 0 Å². The van der Waals surface area contributed by atoms with Gasteiger partial charge < -0.3 is 14.4 Å². The van der Waals surface area contributed by atoms with Crippen LogP contribution in [0, 0.1) is 0 Å². The number of rotatable bonds is 3. The van der Waals surface area contributed by atoms with Crippen LogP contribution in [0.1, 0.15) is 34.9 Å². The zero-order valence-corrected chi connectivity index (χ0v) is 18.5. The summed E-state index contributed by atoms with van der Waals surface area (Å²) in [6, 6.07) is 9.37. The summed E-state index contributed by atoms with van der Waals surface area (Å²) in [6.07, 6.45) is 2.25. The molecule has 5 heterocycles. The Morgan fingerprint density at radius 3 is 2.71 bits per heavy atom. The van der Waals surface area contributed by atoms with Gasteiger partial charge >= 0.3 is 0 Å². The number of benzene rings is 1. The lowest BCUT2D eigenvalue weighted by molar-refractivity contribution is -0.0756. The second-order valence-corrected chi connectivity index (χ2v) is 9.81. The highest BCUT2D eigenvalue weighted by molar-refractivity contribution is 7.98. The van der Waals surface area contributed by atoms with Crippen LogP contribution in [0.25, 0.3) is 11.3 Å². The van der Waals surface area contributed by atoms with Gasteiger partial charge in [-0.25, -0.2) is 0 Å². The van der Waals surface area contributed by atoms with E-state index < -0.39 is 0 Å². The predicted molar refractivity (Wildman–Crippen MR) is 118 cm³/mol. The molecule has 4 aliphatic rings. The fraction of sp³-hybridized carbons (Fsp3) is 0.565. The Morgan fingerprint density at radius 2 is 1.90 bits per heavy atom. The van der Waals surface area contributed by atoms with Gasteiger partial charge in [0.25, 0.3) is 5.91 Å². The third kappa shape index (κ3) is 3.50. The van der Waals surface area contributed by atoms with Gasteiger partial charge in [0.15, 0.2) is 5.69 Å². The van der Waals surface area contributed by atoms with Gasteiger partial charge in [-0.15, -0.1) is 11.8 Å². The van der Waals surface area contributed by atoms with Crippen LogP contribution in [-0.2, 0) is 15.2 Å². The van der Waals surface area contributed by atoms with Gasteiger partial charge in [0.05, 0.1) is 44.2 Å². The van der Waals surface area contributed by atoms with E-state index in [9.17, 15) is 4.79 Å². The number of piperidine rings is 1. The maximum absolute atomic E-state index is 13.5. The zero-order chi connectivity index (χ0) is 20.8. The normalized spacial score (nSPS) is 24.4. The number of aromatic nitrogens is 2. The van der Waals surface area contributed by atoms with Crippen molar-refractivity contribution in [2.75, 3.05) is 52.6 Å². The lowest BCUT2D eigenvalue weighted by Gasteiger charge is -2.42. The van der Waals surface area contributed by atoms with Gasteiger partial charge in [0.2, 0.25) is 0 Å². The number of amides is 1. The van der Waals surface area contributed by atoms with Crippen LogP contribution in [0.5, 0.6) is 0 Å². The molecule has 1 atom stereocenters. The molecule has 31 heavy (non-hydrogen) atoms. The molecule has 3 fully saturated rings. The van der Waals surface area contributed by atoms with E-state index >= 15 is 0 Å². The van der Waals surface area contributed by atoms with Gasteiger partial charge in [-0.3, -0.25) is 14.4 Å². The Morgan fingerprint density at radius 1 is 1.06 bits per heavy atom. The number of likely N-dealkylation sites (tertiary alicyclic amines) is 1. The van der Waals surface area contributed by atoms with E-state index in [1.54, 1.807) is 0 Å². The number of carbonyl (C=O) groups excluding carboxylic acids is 1. The minimum Gasteiger partial charge on any atom is -0.378 e. The number of fused-ring (bicyclic) bond motifs is 3. The summed E-state index contributed by atoms with van der Waals surface area (Å²) >= 11 is 1.81.